The Hall–Kier alpha value is -3.01. The highest BCUT2D eigenvalue weighted by Crippen LogP contribution is 2.36. The van der Waals surface area contributed by atoms with Crippen molar-refractivity contribution in [2.45, 2.75) is 0 Å². The highest BCUT2D eigenvalue weighted by molar-refractivity contribution is 6.35. The number of H-pyrrole nitrogens is 1. The normalized spacial score (nSPS) is 14.0. The molecule has 1 amide bonds. The summed E-state index contributed by atoms with van der Waals surface area (Å²) in [5.74, 6) is 6.41. The number of anilines is 1. The van der Waals surface area contributed by atoms with Gasteiger partial charge in [-0.05, 0) is 24.3 Å². The zero-order valence-electron chi connectivity index (χ0n) is 13.8. The van der Waals surface area contributed by atoms with Gasteiger partial charge < -0.3 is 24.9 Å². The second kappa shape index (κ2) is 7.71. The summed E-state index contributed by atoms with van der Waals surface area (Å²) in [6, 6.07) is 7.34. The smallest absolute Gasteiger partial charge is 0.256 e. The maximum Gasteiger partial charge on any atom is 0.256 e. The predicted molar refractivity (Wildman–Crippen MR) is 95.1 cm³/mol. The van der Waals surface area contributed by atoms with E-state index in [-0.39, 0.29) is 25.7 Å². The molecule has 2 aromatic rings. The average molecular weight is 338 g/mol. The van der Waals surface area contributed by atoms with Crippen LogP contribution in [-0.4, -0.2) is 42.9 Å². The fourth-order valence-corrected chi connectivity index (χ4v) is 2.61. The van der Waals surface area contributed by atoms with E-state index in [1.807, 2.05) is 18.2 Å². The van der Waals surface area contributed by atoms with E-state index in [1.54, 1.807) is 25.4 Å². The quantitative estimate of drug-likeness (QED) is 0.442. The van der Waals surface area contributed by atoms with Gasteiger partial charge in [0, 0.05) is 17.3 Å². The molecule has 0 unspecified atom stereocenters. The van der Waals surface area contributed by atoms with Crippen LogP contribution in [0.4, 0.5) is 5.69 Å². The Kier molecular flexibility index (Phi) is 5.19. The van der Waals surface area contributed by atoms with Crippen molar-refractivity contribution < 1.29 is 19.4 Å². The van der Waals surface area contributed by atoms with E-state index in [1.165, 1.54) is 0 Å². The number of aliphatic hydroxyl groups is 1. The molecule has 128 valence electrons. The third kappa shape index (κ3) is 3.58. The minimum absolute atomic E-state index is 0.0360. The maximum atomic E-state index is 12.4. The number of carbonyl (C=O) groups is 1. The molecule has 0 saturated heterocycles. The van der Waals surface area contributed by atoms with Crippen LogP contribution < -0.4 is 10.1 Å². The fourth-order valence-electron chi connectivity index (χ4n) is 2.61. The summed E-state index contributed by atoms with van der Waals surface area (Å²) in [5, 5.41) is 11.6. The number of amides is 1. The Bertz CT molecular complexity index is 871. The lowest BCUT2D eigenvalue weighted by Crippen LogP contribution is -2.03. The summed E-state index contributed by atoms with van der Waals surface area (Å²) in [5.41, 5.74) is 3.47. The number of rotatable bonds is 5. The SMILES string of the molecule is COc1cc[nH]c1C=C1C(=O)Nc2cccc(C#CCOCCO)c21. The molecule has 1 aliphatic heterocycles. The summed E-state index contributed by atoms with van der Waals surface area (Å²) in [6.07, 6.45) is 3.51. The first-order valence-electron chi connectivity index (χ1n) is 7.80. The van der Waals surface area contributed by atoms with Gasteiger partial charge in [-0.25, -0.2) is 0 Å². The van der Waals surface area contributed by atoms with Crippen LogP contribution in [0, 0.1) is 11.8 Å². The summed E-state index contributed by atoms with van der Waals surface area (Å²) < 4.78 is 10.4. The monoisotopic (exact) mass is 338 g/mol. The van der Waals surface area contributed by atoms with Crippen LogP contribution >= 0.6 is 0 Å². The number of methoxy groups -OCH3 is 1. The zero-order valence-corrected chi connectivity index (χ0v) is 13.8. The van der Waals surface area contributed by atoms with Crippen LogP contribution in [0.2, 0.25) is 0 Å². The van der Waals surface area contributed by atoms with Crippen LogP contribution in [0.15, 0.2) is 30.5 Å². The first kappa shape index (κ1) is 16.8. The number of aliphatic hydroxyl groups excluding tert-OH is 1. The molecule has 0 atom stereocenters. The van der Waals surface area contributed by atoms with Crippen LogP contribution in [0.5, 0.6) is 5.75 Å². The van der Waals surface area contributed by atoms with Gasteiger partial charge in [-0.15, -0.1) is 0 Å². The number of carbonyl (C=O) groups excluding carboxylic acids is 1. The molecule has 0 radical (unpaired) electrons. The molecule has 0 bridgehead atoms. The maximum absolute atomic E-state index is 12.4. The summed E-state index contributed by atoms with van der Waals surface area (Å²) in [4.78, 5) is 15.4. The summed E-state index contributed by atoms with van der Waals surface area (Å²) in [6.45, 7) is 0.431. The van der Waals surface area contributed by atoms with Gasteiger partial charge in [0.25, 0.3) is 5.91 Å². The topological polar surface area (TPSA) is 83.6 Å². The molecule has 3 rings (SSSR count). The molecule has 6 nitrogen and oxygen atoms in total. The van der Waals surface area contributed by atoms with Crippen molar-refractivity contribution in [3.05, 3.63) is 47.3 Å². The van der Waals surface area contributed by atoms with Crippen molar-refractivity contribution in [3.8, 4) is 17.6 Å². The number of hydrogen-bond donors (Lipinski definition) is 3. The van der Waals surface area contributed by atoms with E-state index in [0.717, 1.165) is 22.5 Å². The van der Waals surface area contributed by atoms with Gasteiger partial charge in [-0.1, -0.05) is 17.9 Å². The predicted octanol–water partition coefficient (Wildman–Crippen LogP) is 1.88. The fraction of sp³-hybridized carbons (Fsp3) is 0.211. The highest BCUT2D eigenvalue weighted by atomic mass is 16.5. The van der Waals surface area contributed by atoms with Crippen molar-refractivity contribution in [3.63, 3.8) is 0 Å². The van der Waals surface area contributed by atoms with Gasteiger partial charge in [-0.3, -0.25) is 4.79 Å². The van der Waals surface area contributed by atoms with Crippen molar-refractivity contribution in [2.75, 3.05) is 32.2 Å². The number of nitrogens with one attached hydrogen (secondary N) is 2. The van der Waals surface area contributed by atoms with Gasteiger partial charge in [0.1, 0.15) is 12.4 Å². The van der Waals surface area contributed by atoms with Crippen LogP contribution in [0.25, 0.3) is 11.6 Å². The van der Waals surface area contributed by atoms with Gasteiger partial charge in [0.05, 0.1) is 37.3 Å². The Morgan fingerprint density at radius 3 is 3.00 bits per heavy atom. The summed E-state index contributed by atoms with van der Waals surface area (Å²) in [7, 11) is 1.58. The number of benzene rings is 1. The van der Waals surface area contributed by atoms with Crippen molar-refractivity contribution >= 4 is 23.2 Å². The second-order valence-electron chi connectivity index (χ2n) is 5.28. The second-order valence-corrected chi connectivity index (χ2v) is 5.28. The lowest BCUT2D eigenvalue weighted by molar-refractivity contribution is -0.110. The molecule has 1 aromatic carbocycles. The van der Waals surface area contributed by atoms with Crippen LogP contribution in [-0.2, 0) is 9.53 Å². The molecule has 6 heteroatoms. The van der Waals surface area contributed by atoms with Crippen LogP contribution in [0.3, 0.4) is 0 Å². The van der Waals surface area contributed by atoms with Gasteiger partial charge in [-0.2, -0.15) is 0 Å². The number of ether oxygens (including phenoxy) is 2. The van der Waals surface area contributed by atoms with Gasteiger partial charge in [0.2, 0.25) is 0 Å². The highest BCUT2D eigenvalue weighted by Gasteiger charge is 2.26. The minimum atomic E-state index is -0.183. The lowest BCUT2D eigenvalue weighted by atomic mass is 10.00. The van der Waals surface area contributed by atoms with Gasteiger partial charge in [0.15, 0.2) is 0 Å². The van der Waals surface area contributed by atoms with Crippen molar-refractivity contribution in [2.24, 2.45) is 0 Å². The molecule has 2 heterocycles. The Labute approximate surface area is 145 Å². The Morgan fingerprint density at radius 1 is 1.32 bits per heavy atom. The largest absolute Gasteiger partial charge is 0.495 e. The molecule has 1 aromatic heterocycles. The van der Waals surface area contributed by atoms with Gasteiger partial charge >= 0.3 is 0 Å². The van der Waals surface area contributed by atoms with Crippen molar-refractivity contribution in [1.29, 1.82) is 0 Å². The molecule has 0 spiro atoms. The summed E-state index contributed by atoms with van der Waals surface area (Å²) >= 11 is 0. The van der Waals surface area contributed by atoms with E-state index in [0.29, 0.717) is 11.3 Å². The molecule has 25 heavy (non-hydrogen) atoms. The third-order valence-electron chi connectivity index (χ3n) is 3.71. The number of aromatic amines is 1. The number of hydrogen-bond acceptors (Lipinski definition) is 4. The first-order chi connectivity index (χ1) is 12.2. The average Bonchev–Trinajstić information content (AvgIpc) is 3.19. The molecule has 3 N–H and O–H groups in total. The van der Waals surface area contributed by atoms with E-state index in [2.05, 4.69) is 22.1 Å². The van der Waals surface area contributed by atoms with E-state index < -0.39 is 0 Å². The molecule has 1 aliphatic rings. The molecular weight excluding hydrogens is 320 g/mol. The number of fused-ring (bicyclic) bond motifs is 1. The first-order valence-corrected chi connectivity index (χ1v) is 7.80. The van der Waals surface area contributed by atoms with E-state index in [9.17, 15) is 4.79 Å². The van der Waals surface area contributed by atoms with Crippen LogP contribution in [0.1, 0.15) is 16.8 Å². The molecular formula is C19H18N2O4. The Morgan fingerprint density at radius 2 is 2.20 bits per heavy atom. The van der Waals surface area contributed by atoms with Crippen molar-refractivity contribution in [1.82, 2.24) is 4.98 Å². The minimum Gasteiger partial charge on any atom is -0.495 e. The molecule has 0 saturated carbocycles. The standard InChI is InChI=1S/C19H18N2O4/c1-24-17-7-8-20-16(17)12-14-18-13(5-3-10-25-11-9-22)4-2-6-15(18)21-19(14)23/h2,4,6-8,12,20,22H,9-11H2,1H3,(H,21,23). The van der Waals surface area contributed by atoms with E-state index >= 15 is 0 Å². The molecule has 0 aliphatic carbocycles. The number of aromatic nitrogens is 1. The third-order valence-corrected chi connectivity index (χ3v) is 3.71. The zero-order chi connectivity index (χ0) is 17.6. The Balaban J connectivity index is 1.96. The molecule has 0 fully saturated rings. The lowest BCUT2D eigenvalue weighted by Gasteiger charge is -2.03. The van der Waals surface area contributed by atoms with E-state index in [4.69, 9.17) is 14.6 Å².